The fourth-order valence-electron chi connectivity index (χ4n) is 2.97. The van der Waals surface area contributed by atoms with Crippen LogP contribution < -0.4 is 0 Å². The Morgan fingerprint density at radius 2 is 2.15 bits per heavy atom. The standard InChI is InChI=1S/C16H19NO2S/c1-16(2,3)11-4-5-12-9(7-11)6-10-8-13(15(18)19)20-14(10)17-12/h6,8,11H,4-5,7H2,1-3H3,(H,18,19). The van der Waals surface area contributed by atoms with Crippen molar-refractivity contribution in [2.24, 2.45) is 11.3 Å². The van der Waals surface area contributed by atoms with E-state index in [0.717, 1.165) is 28.8 Å². The first-order valence-corrected chi connectivity index (χ1v) is 7.82. The van der Waals surface area contributed by atoms with Crippen LogP contribution in [0, 0.1) is 11.3 Å². The van der Waals surface area contributed by atoms with Gasteiger partial charge in [-0.25, -0.2) is 9.78 Å². The monoisotopic (exact) mass is 289 g/mol. The molecule has 0 fully saturated rings. The van der Waals surface area contributed by atoms with Gasteiger partial charge in [-0.3, -0.25) is 0 Å². The van der Waals surface area contributed by atoms with Crippen molar-refractivity contribution in [1.29, 1.82) is 0 Å². The molecule has 2 aromatic rings. The molecule has 0 saturated carbocycles. The minimum Gasteiger partial charge on any atom is -0.477 e. The van der Waals surface area contributed by atoms with Crippen molar-refractivity contribution in [3.05, 3.63) is 28.3 Å². The molecule has 0 radical (unpaired) electrons. The Hall–Kier alpha value is -1.42. The number of thiophene rings is 1. The van der Waals surface area contributed by atoms with Gasteiger partial charge in [-0.05, 0) is 48.3 Å². The van der Waals surface area contributed by atoms with E-state index in [-0.39, 0.29) is 0 Å². The number of carbonyl (C=O) groups is 1. The minimum atomic E-state index is -0.862. The molecule has 1 aliphatic rings. The lowest BCUT2D eigenvalue weighted by atomic mass is 9.71. The summed E-state index contributed by atoms with van der Waals surface area (Å²) in [7, 11) is 0. The highest BCUT2D eigenvalue weighted by Crippen LogP contribution is 2.38. The minimum absolute atomic E-state index is 0.313. The quantitative estimate of drug-likeness (QED) is 0.858. The first-order chi connectivity index (χ1) is 9.34. The average molecular weight is 289 g/mol. The molecule has 2 heterocycles. The van der Waals surface area contributed by atoms with E-state index < -0.39 is 5.97 Å². The number of aromatic carboxylic acids is 1. The third kappa shape index (κ3) is 2.33. The normalized spacial score (nSPS) is 19.1. The van der Waals surface area contributed by atoms with E-state index in [0.29, 0.717) is 16.2 Å². The molecular weight excluding hydrogens is 270 g/mol. The topological polar surface area (TPSA) is 50.2 Å². The van der Waals surface area contributed by atoms with E-state index in [2.05, 4.69) is 26.8 Å². The third-order valence-electron chi connectivity index (χ3n) is 4.31. The van der Waals surface area contributed by atoms with Gasteiger partial charge in [-0.2, -0.15) is 0 Å². The van der Waals surface area contributed by atoms with Crippen LogP contribution in [0.3, 0.4) is 0 Å². The van der Waals surface area contributed by atoms with Gasteiger partial charge in [0.2, 0.25) is 0 Å². The van der Waals surface area contributed by atoms with Crippen LogP contribution in [0.2, 0.25) is 0 Å². The molecule has 0 spiro atoms. The van der Waals surface area contributed by atoms with Crippen molar-refractivity contribution in [2.45, 2.75) is 40.0 Å². The number of nitrogens with zero attached hydrogens (tertiary/aromatic N) is 1. The van der Waals surface area contributed by atoms with Crippen LogP contribution in [-0.2, 0) is 12.8 Å². The van der Waals surface area contributed by atoms with Crippen molar-refractivity contribution in [2.75, 3.05) is 0 Å². The van der Waals surface area contributed by atoms with Crippen molar-refractivity contribution in [3.63, 3.8) is 0 Å². The fraction of sp³-hybridized carbons (Fsp3) is 0.500. The summed E-state index contributed by atoms with van der Waals surface area (Å²) in [6.45, 7) is 6.88. The van der Waals surface area contributed by atoms with Gasteiger partial charge in [0.15, 0.2) is 0 Å². The SMILES string of the molecule is CC(C)(C)C1CCc2nc3sc(C(=O)O)cc3cc2C1. The molecule has 1 N–H and O–H groups in total. The lowest BCUT2D eigenvalue weighted by Gasteiger charge is -2.34. The fourth-order valence-corrected chi connectivity index (χ4v) is 3.84. The molecular formula is C16H19NO2S. The van der Waals surface area contributed by atoms with Crippen molar-refractivity contribution >= 4 is 27.5 Å². The predicted octanol–water partition coefficient (Wildman–Crippen LogP) is 4.15. The van der Waals surface area contributed by atoms with Gasteiger partial charge in [0.1, 0.15) is 9.71 Å². The second-order valence-corrected chi connectivity index (χ2v) is 7.74. The maximum absolute atomic E-state index is 11.1. The average Bonchev–Trinajstić information content (AvgIpc) is 2.77. The van der Waals surface area contributed by atoms with E-state index in [1.54, 1.807) is 6.07 Å². The number of aryl methyl sites for hydroxylation is 1. The first-order valence-electron chi connectivity index (χ1n) is 7.00. The van der Waals surface area contributed by atoms with Gasteiger partial charge in [0, 0.05) is 11.1 Å². The van der Waals surface area contributed by atoms with Crippen LogP contribution in [0.1, 0.15) is 48.1 Å². The predicted molar refractivity (Wildman–Crippen MR) is 81.5 cm³/mol. The lowest BCUT2D eigenvalue weighted by Crippen LogP contribution is -2.27. The second kappa shape index (κ2) is 4.55. The molecule has 4 heteroatoms. The molecule has 106 valence electrons. The third-order valence-corrected chi connectivity index (χ3v) is 5.34. The number of rotatable bonds is 1. The van der Waals surface area contributed by atoms with Gasteiger partial charge >= 0.3 is 5.97 Å². The van der Waals surface area contributed by atoms with Gasteiger partial charge in [0.25, 0.3) is 0 Å². The Labute approximate surface area is 122 Å². The van der Waals surface area contributed by atoms with Crippen LogP contribution >= 0.6 is 11.3 Å². The molecule has 1 aliphatic carbocycles. The highest BCUT2D eigenvalue weighted by atomic mass is 32.1. The smallest absolute Gasteiger partial charge is 0.345 e. The maximum atomic E-state index is 11.1. The number of fused-ring (bicyclic) bond motifs is 2. The van der Waals surface area contributed by atoms with Crippen LogP contribution in [0.25, 0.3) is 10.2 Å². The summed E-state index contributed by atoms with van der Waals surface area (Å²) in [5.41, 5.74) is 2.78. The van der Waals surface area contributed by atoms with E-state index in [1.807, 2.05) is 0 Å². The molecule has 1 unspecified atom stereocenters. The number of carboxylic acid groups (broad SMARTS) is 1. The molecule has 3 nitrogen and oxygen atoms in total. The van der Waals surface area contributed by atoms with E-state index in [9.17, 15) is 4.79 Å². The highest BCUT2D eigenvalue weighted by Gasteiger charge is 2.29. The Morgan fingerprint density at radius 3 is 2.80 bits per heavy atom. The number of hydrogen-bond acceptors (Lipinski definition) is 3. The zero-order valence-electron chi connectivity index (χ0n) is 12.1. The molecule has 0 aromatic carbocycles. The highest BCUT2D eigenvalue weighted by molar-refractivity contribution is 7.20. The number of aromatic nitrogens is 1. The molecule has 0 aliphatic heterocycles. The van der Waals surface area contributed by atoms with Crippen molar-refractivity contribution < 1.29 is 9.90 Å². The van der Waals surface area contributed by atoms with Crippen LogP contribution in [0.15, 0.2) is 12.1 Å². The maximum Gasteiger partial charge on any atom is 0.345 e. The number of hydrogen-bond donors (Lipinski definition) is 1. The summed E-state index contributed by atoms with van der Waals surface area (Å²) in [6.07, 6.45) is 3.24. The van der Waals surface area contributed by atoms with Crippen LogP contribution in [-0.4, -0.2) is 16.1 Å². The molecule has 0 amide bonds. The Morgan fingerprint density at radius 1 is 1.40 bits per heavy atom. The van der Waals surface area contributed by atoms with Gasteiger partial charge in [-0.1, -0.05) is 20.8 Å². The molecule has 2 aromatic heterocycles. The van der Waals surface area contributed by atoms with Gasteiger partial charge in [-0.15, -0.1) is 11.3 Å². The molecule has 0 saturated heterocycles. The van der Waals surface area contributed by atoms with E-state index in [4.69, 9.17) is 10.1 Å². The summed E-state index contributed by atoms with van der Waals surface area (Å²) in [5.74, 6) is -0.189. The lowest BCUT2D eigenvalue weighted by molar-refractivity contribution is 0.0702. The summed E-state index contributed by atoms with van der Waals surface area (Å²) < 4.78 is 0. The van der Waals surface area contributed by atoms with Crippen molar-refractivity contribution in [1.82, 2.24) is 4.98 Å². The number of carboxylic acids is 1. The van der Waals surface area contributed by atoms with Crippen molar-refractivity contribution in [3.8, 4) is 0 Å². The zero-order chi connectivity index (χ0) is 14.5. The Bertz CT molecular complexity index is 682. The second-order valence-electron chi connectivity index (χ2n) is 6.71. The molecule has 3 rings (SSSR count). The zero-order valence-corrected chi connectivity index (χ0v) is 12.9. The molecule has 0 bridgehead atoms. The molecule has 20 heavy (non-hydrogen) atoms. The summed E-state index contributed by atoms with van der Waals surface area (Å²) in [6, 6.07) is 3.90. The van der Waals surface area contributed by atoms with Gasteiger partial charge in [0.05, 0.1) is 0 Å². The summed E-state index contributed by atoms with van der Waals surface area (Å²) >= 11 is 1.27. The largest absolute Gasteiger partial charge is 0.477 e. The van der Waals surface area contributed by atoms with Gasteiger partial charge < -0.3 is 5.11 Å². The Balaban J connectivity index is 2.02. The number of pyridine rings is 1. The summed E-state index contributed by atoms with van der Waals surface area (Å²) in [4.78, 5) is 17.0. The van der Waals surface area contributed by atoms with Crippen LogP contribution in [0.5, 0.6) is 0 Å². The van der Waals surface area contributed by atoms with E-state index >= 15 is 0 Å². The first kappa shape index (κ1) is 13.6. The Kier molecular flexibility index (Phi) is 3.09. The van der Waals surface area contributed by atoms with Crippen LogP contribution in [0.4, 0.5) is 0 Å². The molecule has 1 atom stereocenters. The van der Waals surface area contributed by atoms with E-state index in [1.165, 1.54) is 23.3 Å². The summed E-state index contributed by atoms with van der Waals surface area (Å²) in [5, 5.41) is 10.1.